The lowest BCUT2D eigenvalue weighted by Gasteiger charge is -2.13. The van der Waals surface area contributed by atoms with E-state index in [-0.39, 0.29) is 0 Å². The summed E-state index contributed by atoms with van der Waals surface area (Å²) in [6.45, 7) is 4.28. The second kappa shape index (κ2) is 7.25. The SMILES string of the molecule is CCC(CC)n1ccc(CC(O)c2ncc(Cl)cc2Cl)n1. The van der Waals surface area contributed by atoms with Gasteiger partial charge in [0.05, 0.1) is 27.5 Å². The molecule has 0 radical (unpaired) electrons. The highest BCUT2D eigenvalue weighted by Crippen LogP contribution is 2.26. The van der Waals surface area contributed by atoms with E-state index in [1.54, 1.807) is 6.07 Å². The standard InChI is InChI=1S/C15H19Cl2N3O/c1-3-12(4-2)20-6-5-11(19-20)8-14(21)15-13(17)7-10(16)9-18-15/h5-7,9,12,14,21H,3-4,8H2,1-2H3. The van der Waals surface area contributed by atoms with Crippen LogP contribution in [0.25, 0.3) is 0 Å². The summed E-state index contributed by atoms with van der Waals surface area (Å²) in [6.07, 6.45) is 5.09. The fourth-order valence-electron chi connectivity index (χ4n) is 2.32. The maximum absolute atomic E-state index is 10.3. The van der Waals surface area contributed by atoms with Crippen molar-refractivity contribution in [3.63, 3.8) is 0 Å². The molecule has 2 heterocycles. The fourth-order valence-corrected chi connectivity index (χ4v) is 2.82. The Bertz CT molecular complexity index is 596. The first-order chi connectivity index (χ1) is 10.0. The molecular weight excluding hydrogens is 309 g/mol. The van der Waals surface area contributed by atoms with Crippen LogP contribution in [-0.2, 0) is 6.42 Å². The Labute approximate surface area is 134 Å². The Kier molecular flexibility index (Phi) is 5.62. The molecule has 0 fully saturated rings. The van der Waals surface area contributed by atoms with E-state index in [1.807, 2.05) is 16.9 Å². The zero-order valence-electron chi connectivity index (χ0n) is 12.1. The van der Waals surface area contributed by atoms with E-state index < -0.39 is 6.10 Å². The van der Waals surface area contributed by atoms with Crippen LogP contribution in [0.15, 0.2) is 24.5 Å². The van der Waals surface area contributed by atoms with Gasteiger partial charge in [0, 0.05) is 18.8 Å². The first-order valence-corrected chi connectivity index (χ1v) is 7.83. The number of hydrogen-bond donors (Lipinski definition) is 1. The highest BCUT2D eigenvalue weighted by Gasteiger charge is 2.16. The van der Waals surface area contributed by atoms with E-state index in [9.17, 15) is 5.11 Å². The first-order valence-electron chi connectivity index (χ1n) is 7.08. The van der Waals surface area contributed by atoms with Crippen LogP contribution < -0.4 is 0 Å². The molecule has 0 bridgehead atoms. The molecule has 6 heteroatoms. The van der Waals surface area contributed by atoms with Gasteiger partial charge in [0.1, 0.15) is 6.10 Å². The molecule has 0 aliphatic heterocycles. The van der Waals surface area contributed by atoms with Gasteiger partial charge in [-0.2, -0.15) is 5.10 Å². The number of aliphatic hydroxyl groups excluding tert-OH is 1. The summed E-state index contributed by atoms with van der Waals surface area (Å²) in [4.78, 5) is 4.10. The van der Waals surface area contributed by atoms with E-state index in [0.717, 1.165) is 18.5 Å². The van der Waals surface area contributed by atoms with Crippen LogP contribution in [0.2, 0.25) is 10.0 Å². The van der Waals surface area contributed by atoms with Gasteiger partial charge < -0.3 is 5.11 Å². The number of halogens is 2. The topological polar surface area (TPSA) is 50.9 Å². The van der Waals surface area contributed by atoms with Crippen LogP contribution in [-0.4, -0.2) is 19.9 Å². The second-order valence-corrected chi connectivity index (χ2v) is 5.84. The number of rotatable bonds is 6. The molecule has 1 atom stereocenters. The summed E-state index contributed by atoms with van der Waals surface area (Å²) in [7, 11) is 0. The van der Waals surface area contributed by atoms with Crippen molar-refractivity contribution in [3.05, 3.63) is 46.0 Å². The Morgan fingerprint density at radius 1 is 1.29 bits per heavy atom. The van der Waals surface area contributed by atoms with Gasteiger partial charge in [-0.25, -0.2) is 0 Å². The lowest BCUT2D eigenvalue weighted by atomic mass is 10.1. The van der Waals surface area contributed by atoms with Crippen LogP contribution >= 0.6 is 23.2 Å². The molecule has 2 aromatic rings. The van der Waals surface area contributed by atoms with Crippen LogP contribution in [0.4, 0.5) is 0 Å². The quantitative estimate of drug-likeness (QED) is 0.864. The van der Waals surface area contributed by atoms with Gasteiger partial charge in [0.2, 0.25) is 0 Å². The van der Waals surface area contributed by atoms with Crippen LogP contribution in [0.3, 0.4) is 0 Å². The average Bonchev–Trinajstić information content (AvgIpc) is 2.88. The van der Waals surface area contributed by atoms with Crippen molar-refractivity contribution < 1.29 is 5.11 Å². The van der Waals surface area contributed by atoms with Gasteiger partial charge in [-0.15, -0.1) is 0 Å². The highest BCUT2D eigenvalue weighted by molar-refractivity contribution is 6.34. The zero-order valence-corrected chi connectivity index (χ0v) is 13.6. The molecule has 21 heavy (non-hydrogen) atoms. The third-order valence-corrected chi connectivity index (χ3v) is 4.04. The Morgan fingerprint density at radius 2 is 2.00 bits per heavy atom. The summed E-state index contributed by atoms with van der Waals surface area (Å²) in [5.74, 6) is 0. The molecule has 4 nitrogen and oxygen atoms in total. The predicted molar refractivity (Wildman–Crippen MR) is 84.8 cm³/mol. The summed E-state index contributed by atoms with van der Waals surface area (Å²) in [5, 5.41) is 15.6. The molecule has 0 saturated carbocycles. The summed E-state index contributed by atoms with van der Waals surface area (Å²) in [5.41, 5.74) is 1.25. The van der Waals surface area contributed by atoms with Crippen molar-refractivity contribution in [2.45, 2.75) is 45.3 Å². The monoisotopic (exact) mass is 327 g/mol. The van der Waals surface area contributed by atoms with E-state index in [4.69, 9.17) is 23.2 Å². The first kappa shape index (κ1) is 16.3. The number of aromatic nitrogens is 3. The second-order valence-electron chi connectivity index (χ2n) is 5.00. The van der Waals surface area contributed by atoms with E-state index in [1.165, 1.54) is 6.20 Å². The van der Waals surface area contributed by atoms with Gasteiger partial charge in [0.25, 0.3) is 0 Å². The van der Waals surface area contributed by atoms with Gasteiger partial charge in [-0.3, -0.25) is 9.67 Å². The van der Waals surface area contributed by atoms with Crippen molar-refractivity contribution in [1.82, 2.24) is 14.8 Å². The molecule has 0 aliphatic rings. The van der Waals surface area contributed by atoms with Gasteiger partial charge in [-0.05, 0) is 25.0 Å². The van der Waals surface area contributed by atoms with Crippen LogP contribution in [0.5, 0.6) is 0 Å². The molecule has 2 rings (SSSR count). The third kappa shape index (κ3) is 3.96. The minimum atomic E-state index is -0.792. The van der Waals surface area contributed by atoms with Crippen molar-refractivity contribution in [3.8, 4) is 0 Å². The van der Waals surface area contributed by atoms with E-state index >= 15 is 0 Å². The molecule has 0 amide bonds. The molecule has 2 aromatic heterocycles. The zero-order chi connectivity index (χ0) is 15.4. The van der Waals surface area contributed by atoms with Crippen molar-refractivity contribution >= 4 is 23.2 Å². The highest BCUT2D eigenvalue weighted by atomic mass is 35.5. The number of nitrogens with zero attached hydrogens (tertiary/aromatic N) is 3. The molecule has 1 N–H and O–H groups in total. The number of aliphatic hydroxyl groups is 1. The molecular formula is C15H19Cl2N3O. The normalized spacial score (nSPS) is 12.9. The number of hydrogen-bond acceptors (Lipinski definition) is 3. The minimum Gasteiger partial charge on any atom is -0.386 e. The Balaban J connectivity index is 2.11. The molecule has 0 aliphatic carbocycles. The Morgan fingerprint density at radius 3 is 2.62 bits per heavy atom. The third-order valence-electron chi connectivity index (χ3n) is 3.53. The van der Waals surface area contributed by atoms with Gasteiger partial charge >= 0.3 is 0 Å². The van der Waals surface area contributed by atoms with Gasteiger partial charge in [-0.1, -0.05) is 37.0 Å². The lowest BCUT2D eigenvalue weighted by molar-refractivity contribution is 0.172. The lowest BCUT2D eigenvalue weighted by Crippen LogP contribution is -2.09. The summed E-state index contributed by atoms with van der Waals surface area (Å²) >= 11 is 11.9. The molecule has 0 aromatic carbocycles. The summed E-state index contributed by atoms with van der Waals surface area (Å²) < 4.78 is 1.96. The van der Waals surface area contributed by atoms with Crippen LogP contribution in [0, 0.1) is 0 Å². The maximum Gasteiger partial charge on any atom is 0.103 e. The van der Waals surface area contributed by atoms with E-state index in [0.29, 0.717) is 28.2 Å². The van der Waals surface area contributed by atoms with Crippen LogP contribution in [0.1, 0.15) is 50.2 Å². The predicted octanol–water partition coefficient (Wildman–Crippen LogP) is 4.22. The van der Waals surface area contributed by atoms with Gasteiger partial charge in [0.15, 0.2) is 0 Å². The minimum absolute atomic E-state index is 0.370. The molecule has 0 spiro atoms. The fraction of sp³-hybridized carbons (Fsp3) is 0.467. The number of pyridine rings is 1. The largest absolute Gasteiger partial charge is 0.386 e. The van der Waals surface area contributed by atoms with Crippen molar-refractivity contribution in [2.75, 3.05) is 0 Å². The molecule has 1 unspecified atom stereocenters. The van der Waals surface area contributed by atoms with Crippen molar-refractivity contribution in [1.29, 1.82) is 0 Å². The summed E-state index contributed by atoms with van der Waals surface area (Å²) in [6, 6.07) is 3.90. The molecule has 114 valence electrons. The molecule has 0 saturated heterocycles. The van der Waals surface area contributed by atoms with Crippen molar-refractivity contribution in [2.24, 2.45) is 0 Å². The smallest absolute Gasteiger partial charge is 0.103 e. The average molecular weight is 328 g/mol. The Hall–Kier alpha value is -1.10. The van der Waals surface area contributed by atoms with E-state index in [2.05, 4.69) is 23.9 Å². The maximum atomic E-state index is 10.3.